The summed E-state index contributed by atoms with van der Waals surface area (Å²) in [5, 5.41) is 0.873. The van der Waals surface area contributed by atoms with Crippen LogP contribution in [0.5, 0.6) is 5.75 Å². The van der Waals surface area contributed by atoms with Crippen molar-refractivity contribution in [3.05, 3.63) is 63.9 Å². The highest BCUT2D eigenvalue weighted by Gasteiger charge is 2.11. The maximum atomic E-state index is 13.4. The molecule has 1 atom stereocenters. The van der Waals surface area contributed by atoms with E-state index in [9.17, 15) is 4.39 Å². The Bertz CT molecular complexity index is 581. The maximum absolute atomic E-state index is 13.4. The zero-order valence-corrected chi connectivity index (χ0v) is 15.0. The number of ether oxygens (including phenoxy) is 1. The van der Waals surface area contributed by atoms with E-state index in [0.29, 0.717) is 5.92 Å². The SMILES string of the molecule is COc1cccc(CC(CBr)Cc2cc(F)cc(Br)c2)c1. The van der Waals surface area contributed by atoms with Crippen LogP contribution in [-0.2, 0) is 12.8 Å². The molecule has 0 amide bonds. The van der Waals surface area contributed by atoms with E-state index >= 15 is 0 Å². The Balaban J connectivity index is 2.08. The lowest BCUT2D eigenvalue weighted by Crippen LogP contribution is -2.10. The molecule has 0 radical (unpaired) electrons. The highest BCUT2D eigenvalue weighted by molar-refractivity contribution is 9.10. The molecule has 0 fully saturated rings. The maximum Gasteiger partial charge on any atom is 0.124 e. The zero-order chi connectivity index (χ0) is 15.2. The molecule has 2 aromatic carbocycles. The Kier molecular flexibility index (Phi) is 6.24. The molecule has 1 unspecified atom stereocenters. The van der Waals surface area contributed by atoms with Crippen LogP contribution < -0.4 is 4.74 Å². The molecule has 21 heavy (non-hydrogen) atoms. The third kappa shape index (κ3) is 5.11. The topological polar surface area (TPSA) is 9.23 Å². The molecule has 0 aromatic heterocycles. The molecule has 2 rings (SSSR count). The van der Waals surface area contributed by atoms with Crippen molar-refractivity contribution < 1.29 is 9.13 Å². The Hall–Kier alpha value is -0.870. The second kappa shape index (κ2) is 7.95. The Labute approximate surface area is 141 Å². The van der Waals surface area contributed by atoms with E-state index in [1.54, 1.807) is 13.2 Å². The van der Waals surface area contributed by atoms with Gasteiger partial charge in [0.05, 0.1) is 7.11 Å². The van der Waals surface area contributed by atoms with Crippen molar-refractivity contribution in [3.63, 3.8) is 0 Å². The van der Waals surface area contributed by atoms with Crippen LogP contribution in [0.25, 0.3) is 0 Å². The van der Waals surface area contributed by atoms with Gasteiger partial charge in [0.2, 0.25) is 0 Å². The number of alkyl halides is 1. The number of hydrogen-bond donors (Lipinski definition) is 0. The Morgan fingerprint density at radius 1 is 1.10 bits per heavy atom. The lowest BCUT2D eigenvalue weighted by molar-refractivity contribution is 0.414. The largest absolute Gasteiger partial charge is 0.497 e. The fourth-order valence-corrected chi connectivity index (χ4v) is 3.35. The van der Waals surface area contributed by atoms with E-state index in [0.717, 1.165) is 34.0 Å². The molecule has 0 aliphatic heterocycles. The first-order valence-electron chi connectivity index (χ1n) is 6.74. The van der Waals surface area contributed by atoms with Gasteiger partial charge in [-0.15, -0.1) is 0 Å². The number of benzene rings is 2. The summed E-state index contributed by atoms with van der Waals surface area (Å²) in [6.07, 6.45) is 1.76. The summed E-state index contributed by atoms with van der Waals surface area (Å²) in [5.74, 6) is 1.08. The van der Waals surface area contributed by atoms with Gasteiger partial charge in [-0.25, -0.2) is 4.39 Å². The summed E-state index contributed by atoms with van der Waals surface area (Å²) in [6, 6.07) is 13.1. The first-order chi connectivity index (χ1) is 10.1. The molecule has 2 aromatic rings. The molecular formula is C17H17Br2FO. The van der Waals surface area contributed by atoms with Crippen molar-refractivity contribution in [3.8, 4) is 5.75 Å². The van der Waals surface area contributed by atoms with E-state index in [2.05, 4.69) is 44.0 Å². The van der Waals surface area contributed by atoms with Crippen molar-refractivity contribution in [1.29, 1.82) is 0 Å². The first-order valence-corrected chi connectivity index (χ1v) is 8.66. The van der Waals surface area contributed by atoms with Gasteiger partial charge in [0.1, 0.15) is 11.6 Å². The van der Waals surface area contributed by atoms with Crippen molar-refractivity contribution >= 4 is 31.9 Å². The van der Waals surface area contributed by atoms with Gasteiger partial charge in [0.15, 0.2) is 0 Å². The number of methoxy groups -OCH3 is 1. The standard InChI is InChI=1S/C17H17Br2FO/c1-21-17-4-2-3-12(9-17)5-14(11-18)6-13-7-15(19)10-16(20)8-13/h2-4,7-10,14H,5-6,11H2,1H3. The van der Waals surface area contributed by atoms with Crippen LogP contribution >= 0.6 is 31.9 Å². The van der Waals surface area contributed by atoms with Gasteiger partial charge in [-0.1, -0.05) is 44.0 Å². The molecule has 0 bridgehead atoms. The average molecular weight is 416 g/mol. The second-order valence-corrected chi connectivity index (χ2v) is 6.62. The average Bonchev–Trinajstić information content (AvgIpc) is 2.45. The summed E-state index contributed by atoms with van der Waals surface area (Å²) in [5.41, 5.74) is 2.24. The highest BCUT2D eigenvalue weighted by Crippen LogP contribution is 2.22. The van der Waals surface area contributed by atoms with E-state index in [1.165, 1.54) is 11.6 Å². The molecule has 0 N–H and O–H groups in total. The van der Waals surface area contributed by atoms with Crippen LogP contribution in [-0.4, -0.2) is 12.4 Å². The molecule has 0 aliphatic rings. The third-order valence-corrected chi connectivity index (χ3v) is 4.70. The van der Waals surface area contributed by atoms with E-state index in [-0.39, 0.29) is 5.82 Å². The van der Waals surface area contributed by atoms with Gasteiger partial charge < -0.3 is 4.74 Å². The van der Waals surface area contributed by atoms with Crippen molar-refractivity contribution in [1.82, 2.24) is 0 Å². The minimum Gasteiger partial charge on any atom is -0.497 e. The summed E-state index contributed by atoms with van der Waals surface area (Å²) >= 11 is 6.91. The lowest BCUT2D eigenvalue weighted by Gasteiger charge is -2.15. The van der Waals surface area contributed by atoms with Crippen LogP contribution in [0.2, 0.25) is 0 Å². The number of halogens is 3. The lowest BCUT2D eigenvalue weighted by atomic mass is 9.94. The summed E-state index contributed by atoms with van der Waals surface area (Å²) in [6.45, 7) is 0. The molecule has 1 nitrogen and oxygen atoms in total. The first kappa shape index (κ1) is 16.5. The van der Waals surface area contributed by atoms with Crippen LogP contribution in [0.1, 0.15) is 11.1 Å². The molecule has 0 saturated carbocycles. The van der Waals surface area contributed by atoms with Crippen molar-refractivity contribution in [2.45, 2.75) is 12.8 Å². The van der Waals surface area contributed by atoms with Gasteiger partial charge in [-0.05, 0) is 60.2 Å². The van der Waals surface area contributed by atoms with Gasteiger partial charge in [-0.3, -0.25) is 0 Å². The minimum absolute atomic E-state index is 0.200. The Morgan fingerprint density at radius 2 is 1.86 bits per heavy atom. The molecule has 0 saturated heterocycles. The summed E-state index contributed by atoms with van der Waals surface area (Å²) < 4.78 is 19.5. The fourth-order valence-electron chi connectivity index (χ4n) is 2.38. The summed E-state index contributed by atoms with van der Waals surface area (Å²) in [7, 11) is 1.67. The normalized spacial score (nSPS) is 12.2. The predicted molar refractivity (Wildman–Crippen MR) is 91.8 cm³/mol. The number of hydrogen-bond acceptors (Lipinski definition) is 1. The van der Waals surface area contributed by atoms with E-state index < -0.39 is 0 Å². The molecular weight excluding hydrogens is 399 g/mol. The quantitative estimate of drug-likeness (QED) is 0.574. The van der Waals surface area contributed by atoms with Gasteiger partial charge in [0.25, 0.3) is 0 Å². The van der Waals surface area contributed by atoms with Crippen LogP contribution in [0, 0.1) is 11.7 Å². The van der Waals surface area contributed by atoms with E-state index in [4.69, 9.17) is 4.74 Å². The van der Waals surface area contributed by atoms with Crippen LogP contribution in [0.4, 0.5) is 4.39 Å². The van der Waals surface area contributed by atoms with Gasteiger partial charge in [0, 0.05) is 9.80 Å². The molecule has 4 heteroatoms. The minimum atomic E-state index is -0.200. The van der Waals surface area contributed by atoms with Crippen molar-refractivity contribution in [2.75, 3.05) is 12.4 Å². The number of rotatable bonds is 6. The summed E-state index contributed by atoms with van der Waals surface area (Å²) in [4.78, 5) is 0. The molecule has 0 aliphatic carbocycles. The van der Waals surface area contributed by atoms with Crippen molar-refractivity contribution in [2.24, 2.45) is 5.92 Å². The monoisotopic (exact) mass is 414 g/mol. The molecule has 112 valence electrons. The van der Waals surface area contributed by atoms with Crippen LogP contribution in [0.15, 0.2) is 46.9 Å². The highest BCUT2D eigenvalue weighted by atomic mass is 79.9. The third-order valence-electron chi connectivity index (χ3n) is 3.32. The predicted octanol–water partition coefficient (Wildman–Crippen LogP) is 5.39. The Morgan fingerprint density at radius 3 is 2.52 bits per heavy atom. The second-order valence-electron chi connectivity index (χ2n) is 5.06. The zero-order valence-electron chi connectivity index (χ0n) is 11.8. The van der Waals surface area contributed by atoms with Crippen LogP contribution in [0.3, 0.4) is 0 Å². The van der Waals surface area contributed by atoms with Gasteiger partial charge in [-0.2, -0.15) is 0 Å². The van der Waals surface area contributed by atoms with Gasteiger partial charge >= 0.3 is 0 Å². The van der Waals surface area contributed by atoms with E-state index in [1.807, 2.05) is 18.2 Å². The molecule has 0 spiro atoms. The smallest absolute Gasteiger partial charge is 0.124 e. The molecule has 0 heterocycles. The fraction of sp³-hybridized carbons (Fsp3) is 0.294.